The van der Waals surface area contributed by atoms with Crippen molar-refractivity contribution in [2.24, 2.45) is 0 Å². The molecule has 2 unspecified atom stereocenters. The number of allylic oxidation sites excluding steroid dienone is 1. The Morgan fingerprint density at radius 2 is 1.72 bits per heavy atom. The molecule has 2 atom stereocenters. The summed E-state index contributed by atoms with van der Waals surface area (Å²) < 4.78 is 77.6. The summed E-state index contributed by atoms with van der Waals surface area (Å²) in [5, 5.41) is 0.916. The van der Waals surface area contributed by atoms with Crippen molar-refractivity contribution in [3.63, 3.8) is 0 Å². The zero-order chi connectivity index (χ0) is 33.2. The maximum absolute atomic E-state index is 15.3. The fraction of sp³-hybridized carbons (Fsp3) is 0.324. The lowest BCUT2D eigenvalue weighted by Gasteiger charge is -2.37. The van der Waals surface area contributed by atoms with Crippen LogP contribution in [0.1, 0.15) is 16.7 Å². The van der Waals surface area contributed by atoms with Crippen LogP contribution in [0.5, 0.6) is 5.75 Å². The maximum atomic E-state index is 15.3. The summed E-state index contributed by atoms with van der Waals surface area (Å²) in [4.78, 5) is 7.27. The number of alkyl halides is 3. The average molecular weight is 692 g/mol. The van der Waals surface area contributed by atoms with Gasteiger partial charge >= 0.3 is 6.18 Å². The van der Waals surface area contributed by atoms with Gasteiger partial charge < -0.3 is 28.6 Å². The topological polar surface area (TPSA) is 52.0 Å². The molecular weight excluding hydrogens is 659 g/mol. The van der Waals surface area contributed by atoms with Crippen LogP contribution in [0.15, 0.2) is 91.4 Å². The predicted molar refractivity (Wildman–Crippen MR) is 172 cm³/mol. The quantitative estimate of drug-likeness (QED) is 0.132. The number of benzene rings is 3. The number of anilines is 1. The number of ether oxygens (including phenoxy) is 3. The third kappa shape index (κ3) is 7.54. The van der Waals surface area contributed by atoms with Gasteiger partial charge in [0.05, 0.1) is 24.5 Å². The molecule has 1 aromatic heterocycles. The molecule has 7 nitrogen and oxygen atoms in total. The van der Waals surface area contributed by atoms with Gasteiger partial charge in [-0.15, -0.1) is 0 Å². The number of aromatic nitrogens is 2. The molecule has 3 aromatic carbocycles. The van der Waals surface area contributed by atoms with E-state index >= 15 is 4.39 Å². The number of imidazole rings is 1. The van der Waals surface area contributed by atoms with Gasteiger partial charge in [0.2, 0.25) is 11.7 Å². The predicted octanol–water partition coefficient (Wildman–Crippen LogP) is 7.87. The number of nitrogens with zero attached hydrogens (tertiary/aromatic N) is 4. The van der Waals surface area contributed by atoms with Crippen LogP contribution >= 0.6 is 23.2 Å². The molecule has 2 fully saturated rings. The van der Waals surface area contributed by atoms with Gasteiger partial charge in [-0.2, -0.15) is 17.6 Å². The second kappa shape index (κ2) is 13.8. The summed E-state index contributed by atoms with van der Waals surface area (Å²) in [6.45, 7) is 3.47. The number of piperazine rings is 1. The molecule has 0 amide bonds. The van der Waals surface area contributed by atoms with Crippen LogP contribution in [0, 0.1) is 6.92 Å². The van der Waals surface area contributed by atoms with E-state index < -0.39 is 29.6 Å². The van der Waals surface area contributed by atoms with Crippen molar-refractivity contribution < 1.29 is 31.8 Å². The van der Waals surface area contributed by atoms with E-state index in [9.17, 15) is 13.2 Å². The van der Waals surface area contributed by atoms with Gasteiger partial charge in [0, 0.05) is 54.8 Å². The molecule has 13 heteroatoms. The maximum Gasteiger partial charge on any atom is 0.421 e. The minimum absolute atomic E-state index is 0.104. The van der Waals surface area contributed by atoms with Crippen molar-refractivity contribution in [1.82, 2.24) is 14.5 Å². The molecule has 2 aliphatic rings. The molecule has 0 saturated carbocycles. The van der Waals surface area contributed by atoms with Crippen molar-refractivity contribution in [1.29, 1.82) is 0 Å². The Kier molecular flexibility index (Phi) is 9.70. The van der Waals surface area contributed by atoms with Gasteiger partial charge in [0.25, 0.3) is 0 Å². The zero-order valence-corrected chi connectivity index (χ0v) is 26.9. The first-order chi connectivity index (χ1) is 22.5. The molecule has 0 spiro atoms. The Labute approximate surface area is 279 Å². The molecule has 0 aliphatic carbocycles. The summed E-state index contributed by atoms with van der Waals surface area (Å²) in [5.74, 6) is -1.82. The van der Waals surface area contributed by atoms with E-state index in [1.54, 1.807) is 49.8 Å². The first-order valence-corrected chi connectivity index (χ1v) is 15.8. The lowest BCUT2D eigenvalue weighted by molar-refractivity contribution is -0.189. The second-order valence-electron chi connectivity index (χ2n) is 11.5. The Balaban J connectivity index is 1.06. The van der Waals surface area contributed by atoms with Crippen molar-refractivity contribution in [3.8, 4) is 5.75 Å². The Bertz CT molecular complexity index is 1690. The summed E-state index contributed by atoms with van der Waals surface area (Å²) in [6.07, 6.45) is -0.0828. The van der Waals surface area contributed by atoms with E-state index in [-0.39, 0.29) is 31.9 Å². The van der Waals surface area contributed by atoms with Gasteiger partial charge in [-0.1, -0.05) is 59.1 Å². The first-order valence-electron chi connectivity index (χ1n) is 15.0. The molecule has 0 N–H and O–H groups in total. The van der Waals surface area contributed by atoms with Gasteiger partial charge in [0.15, 0.2) is 0 Å². The third-order valence-corrected chi connectivity index (χ3v) is 8.72. The van der Waals surface area contributed by atoms with E-state index in [1.165, 1.54) is 12.1 Å². The van der Waals surface area contributed by atoms with E-state index in [0.29, 0.717) is 41.0 Å². The lowest BCUT2D eigenvalue weighted by Crippen LogP contribution is -2.45. The molecule has 2 aliphatic heterocycles. The smallest absolute Gasteiger partial charge is 0.421 e. The van der Waals surface area contributed by atoms with Crippen LogP contribution in [0.4, 0.5) is 23.2 Å². The molecule has 0 radical (unpaired) electrons. The molecule has 47 heavy (non-hydrogen) atoms. The standard InChI is InChI=1S/C34H32Cl2F4N4O3/c1-23-2-4-24(5-3-23)31(34(38,39)40)32(37)44-16-14-43(15-17-44)26-7-9-27(10-8-26)45-19-28-20-46-33(47-28,21-42-13-12-41-22-42)29-11-6-25(35)18-30(29)36/h2-13,18,22,28H,14-17,19-21H2,1H3/b32-31+. The Morgan fingerprint density at radius 1 is 1.00 bits per heavy atom. The highest BCUT2D eigenvalue weighted by Gasteiger charge is 2.45. The number of hydrogen-bond acceptors (Lipinski definition) is 6. The van der Waals surface area contributed by atoms with E-state index in [1.807, 2.05) is 39.9 Å². The van der Waals surface area contributed by atoms with Crippen LogP contribution in [0.25, 0.3) is 5.57 Å². The minimum Gasteiger partial charge on any atom is -0.491 e. The molecule has 4 aromatic rings. The molecule has 248 valence electrons. The highest BCUT2D eigenvalue weighted by Crippen LogP contribution is 2.41. The number of hydrogen-bond donors (Lipinski definition) is 0. The lowest BCUT2D eigenvalue weighted by atomic mass is 10.0. The highest BCUT2D eigenvalue weighted by molar-refractivity contribution is 6.35. The summed E-state index contributed by atoms with van der Waals surface area (Å²) >= 11 is 12.7. The summed E-state index contributed by atoms with van der Waals surface area (Å²) in [5.41, 5.74) is 0.854. The zero-order valence-electron chi connectivity index (χ0n) is 25.4. The Hall–Kier alpha value is -3.77. The number of aryl methyl sites for hydroxylation is 1. The molecule has 2 saturated heterocycles. The highest BCUT2D eigenvalue weighted by atomic mass is 35.5. The number of halogens is 6. The minimum atomic E-state index is -4.83. The van der Waals surface area contributed by atoms with Crippen molar-refractivity contribution in [3.05, 3.63) is 118 Å². The first kappa shape index (κ1) is 33.1. The van der Waals surface area contributed by atoms with Crippen molar-refractivity contribution >= 4 is 34.5 Å². The van der Waals surface area contributed by atoms with Gasteiger partial charge in [-0.25, -0.2) is 4.98 Å². The Morgan fingerprint density at radius 3 is 2.36 bits per heavy atom. The van der Waals surface area contributed by atoms with Gasteiger partial charge in [-0.3, -0.25) is 0 Å². The third-order valence-electron chi connectivity index (χ3n) is 8.18. The number of rotatable bonds is 9. The van der Waals surface area contributed by atoms with Crippen LogP contribution in [-0.4, -0.2) is 66.1 Å². The fourth-order valence-electron chi connectivity index (χ4n) is 5.76. The average Bonchev–Trinajstić information content (AvgIpc) is 3.71. The second-order valence-corrected chi connectivity index (χ2v) is 12.3. The monoisotopic (exact) mass is 690 g/mol. The fourth-order valence-corrected chi connectivity index (χ4v) is 6.31. The normalized spacial score (nSPS) is 20.8. The van der Waals surface area contributed by atoms with Crippen LogP contribution in [-0.2, 0) is 21.8 Å². The largest absolute Gasteiger partial charge is 0.491 e. The molecule has 6 rings (SSSR count). The SMILES string of the molecule is Cc1ccc(/C(=C(/F)N2CCN(c3ccc(OCC4COC(Cn5ccnc5)(c5ccc(Cl)cc5Cl)O4)cc3)CC2)C(F)(F)F)cc1. The van der Waals surface area contributed by atoms with Crippen molar-refractivity contribution in [2.45, 2.75) is 31.5 Å². The van der Waals surface area contributed by atoms with Crippen LogP contribution < -0.4 is 9.64 Å². The summed E-state index contributed by atoms with van der Waals surface area (Å²) in [6, 6.07) is 18.2. The molecule has 0 bridgehead atoms. The molecule has 3 heterocycles. The van der Waals surface area contributed by atoms with Crippen molar-refractivity contribution in [2.75, 3.05) is 44.3 Å². The van der Waals surface area contributed by atoms with E-state index in [0.717, 1.165) is 16.2 Å². The van der Waals surface area contributed by atoms with Crippen LogP contribution in [0.2, 0.25) is 10.0 Å². The van der Waals surface area contributed by atoms with E-state index in [4.69, 9.17) is 37.4 Å². The summed E-state index contributed by atoms with van der Waals surface area (Å²) in [7, 11) is 0. The van der Waals surface area contributed by atoms with Gasteiger partial charge in [0.1, 0.15) is 24.0 Å². The van der Waals surface area contributed by atoms with E-state index in [2.05, 4.69) is 4.98 Å². The van der Waals surface area contributed by atoms with Crippen LogP contribution in [0.3, 0.4) is 0 Å². The van der Waals surface area contributed by atoms with Gasteiger partial charge in [-0.05, 0) is 48.9 Å². The molecular formula is C34H32Cl2F4N4O3.